The molecule has 1 aliphatic carbocycles. The number of aliphatic carboxylic acids is 1. The molecule has 0 aliphatic heterocycles. The van der Waals surface area contributed by atoms with E-state index in [0.29, 0.717) is 6.42 Å². The van der Waals surface area contributed by atoms with E-state index in [0.717, 1.165) is 0 Å². The summed E-state index contributed by atoms with van der Waals surface area (Å²) >= 11 is 11.2. The Labute approximate surface area is 81.9 Å². The van der Waals surface area contributed by atoms with Crippen LogP contribution in [-0.4, -0.2) is 15.9 Å². The molecule has 1 fully saturated rings. The van der Waals surface area contributed by atoms with E-state index >= 15 is 0 Å². The summed E-state index contributed by atoms with van der Waals surface area (Å²) in [5.74, 6) is -0.869. The molecule has 2 nitrogen and oxygen atoms in total. The van der Waals surface area contributed by atoms with Crippen LogP contribution in [-0.2, 0) is 4.79 Å². The second kappa shape index (κ2) is 3.08. The Kier molecular flexibility index (Phi) is 2.60. The summed E-state index contributed by atoms with van der Waals surface area (Å²) in [6.45, 7) is 3.87. The highest BCUT2D eigenvalue weighted by molar-refractivity contribution is 6.44. The first-order valence-corrected chi connectivity index (χ1v) is 4.75. The van der Waals surface area contributed by atoms with Gasteiger partial charge in [-0.05, 0) is 17.8 Å². The fourth-order valence-electron chi connectivity index (χ4n) is 1.87. The molecule has 2 unspecified atom stereocenters. The average molecular weight is 211 g/mol. The van der Waals surface area contributed by atoms with Crippen LogP contribution in [0.25, 0.3) is 0 Å². The van der Waals surface area contributed by atoms with Crippen LogP contribution in [0, 0.1) is 17.3 Å². The molecule has 12 heavy (non-hydrogen) atoms. The number of carbonyl (C=O) groups is 1. The monoisotopic (exact) mass is 210 g/mol. The first-order chi connectivity index (χ1) is 5.37. The van der Waals surface area contributed by atoms with Crippen LogP contribution in [0.15, 0.2) is 0 Å². The minimum absolute atomic E-state index is 0.131. The van der Waals surface area contributed by atoms with Crippen molar-refractivity contribution < 1.29 is 9.90 Å². The van der Waals surface area contributed by atoms with Crippen LogP contribution in [0.1, 0.15) is 20.3 Å². The Morgan fingerprint density at radius 1 is 1.58 bits per heavy atom. The topological polar surface area (TPSA) is 37.3 Å². The molecule has 0 aromatic rings. The fourth-order valence-corrected chi connectivity index (χ4v) is 2.25. The maximum atomic E-state index is 10.7. The quantitative estimate of drug-likeness (QED) is 0.728. The number of hydrogen-bond acceptors (Lipinski definition) is 1. The van der Waals surface area contributed by atoms with Crippen molar-refractivity contribution in [2.45, 2.75) is 25.1 Å². The summed E-state index contributed by atoms with van der Waals surface area (Å²) in [6, 6.07) is 0. The van der Waals surface area contributed by atoms with E-state index in [1.54, 1.807) is 0 Å². The molecule has 1 saturated carbocycles. The molecule has 1 aliphatic rings. The Balaban J connectivity index is 2.54. The number of alkyl halides is 2. The molecule has 4 heteroatoms. The lowest BCUT2D eigenvalue weighted by molar-refractivity contribution is -0.139. The minimum Gasteiger partial charge on any atom is -0.481 e. The van der Waals surface area contributed by atoms with Gasteiger partial charge in [0.05, 0.1) is 5.92 Å². The van der Waals surface area contributed by atoms with Gasteiger partial charge in [-0.15, -0.1) is 23.2 Å². The van der Waals surface area contributed by atoms with Gasteiger partial charge in [0, 0.05) is 0 Å². The van der Waals surface area contributed by atoms with Gasteiger partial charge < -0.3 is 5.11 Å². The standard InChI is InChI=1S/C8H12Cl2O2/c1-8(2)4(3-5(9)10)6(8)7(11)12/h4-6H,3H2,1-2H3,(H,11,12). The maximum absolute atomic E-state index is 10.7. The molecule has 0 spiro atoms. The maximum Gasteiger partial charge on any atom is 0.307 e. The molecule has 0 aromatic carbocycles. The second-order valence-electron chi connectivity index (χ2n) is 3.87. The lowest BCUT2D eigenvalue weighted by atomic mass is 10.1. The SMILES string of the molecule is CC1(C)C(CC(Cl)Cl)C1C(=O)O. The lowest BCUT2D eigenvalue weighted by Gasteiger charge is -2.01. The largest absolute Gasteiger partial charge is 0.481 e. The minimum atomic E-state index is -0.737. The third-order valence-corrected chi connectivity index (χ3v) is 3.10. The van der Waals surface area contributed by atoms with Crippen LogP contribution >= 0.6 is 23.2 Å². The second-order valence-corrected chi connectivity index (χ2v) is 5.15. The van der Waals surface area contributed by atoms with Gasteiger partial charge in [-0.2, -0.15) is 0 Å². The van der Waals surface area contributed by atoms with Crippen LogP contribution in [0.5, 0.6) is 0 Å². The van der Waals surface area contributed by atoms with Crippen molar-refractivity contribution in [3.05, 3.63) is 0 Å². The third-order valence-electron chi connectivity index (χ3n) is 2.75. The Bertz CT molecular complexity index is 201. The van der Waals surface area contributed by atoms with Crippen molar-refractivity contribution >= 4 is 29.2 Å². The fraction of sp³-hybridized carbons (Fsp3) is 0.875. The number of carboxylic acid groups (broad SMARTS) is 1. The van der Waals surface area contributed by atoms with Gasteiger partial charge in [0.1, 0.15) is 4.84 Å². The molecule has 0 saturated heterocycles. The highest BCUT2D eigenvalue weighted by Crippen LogP contribution is 2.60. The highest BCUT2D eigenvalue weighted by atomic mass is 35.5. The highest BCUT2D eigenvalue weighted by Gasteiger charge is 2.61. The molecule has 0 aromatic heterocycles. The molecule has 0 radical (unpaired) electrons. The normalized spacial score (nSPS) is 32.1. The molecule has 1 N–H and O–H groups in total. The van der Waals surface area contributed by atoms with E-state index < -0.39 is 10.8 Å². The first-order valence-electron chi connectivity index (χ1n) is 3.88. The Hall–Kier alpha value is 0.0500. The molecule has 2 atom stereocenters. The summed E-state index contributed by atoms with van der Waals surface area (Å²) in [5.41, 5.74) is -0.131. The van der Waals surface area contributed by atoms with Crippen molar-refractivity contribution in [3.63, 3.8) is 0 Å². The van der Waals surface area contributed by atoms with Gasteiger partial charge in [0.15, 0.2) is 0 Å². The van der Waals surface area contributed by atoms with Crippen LogP contribution < -0.4 is 0 Å². The van der Waals surface area contributed by atoms with Gasteiger partial charge in [-0.3, -0.25) is 4.79 Å². The van der Waals surface area contributed by atoms with E-state index in [4.69, 9.17) is 28.3 Å². The van der Waals surface area contributed by atoms with Crippen molar-refractivity contribution in [3.8, 4) is 0 Å². The van der Waals surface area contributed by atoms with Gasteiger partial charge >= 0.3 is 5.97 Å². The zero-order valence-corrected chi connectivity index (χ0v) is 8.56. The molecular weight excluding hydrogens is 199 g/mol. The van der Waals surface area contributed by atoms with Gasteiger partial charge in [0.25, 0.3) is 0 Å². The van der Waals surface area contributed by atoms with E-state index in [-0.39, 0.29) is 17.3 Å². The first kappa shape index (κ1) is 10.1. The predicted octanol–water partition coefficient (Wildman–Crippen LogP) is 2.54. The third kappa shape index (κ3) is 1.69. The molecule has 1 rings (SSSR count). The summed E-state index contributed by atoms with van der Waals surface area (Å²) in [5, 5.41) is 8.79. The number of carboxylic acids is 1. The summed E-state index contributed by atoms with van der Waals surface area (Å²) in [4.78, 5) is 10.2. The van der Waals surface area contributed by atoms with Crippen LogP contribution in [0.2, 0.25) is 0 Å². The molecule has 0 heterocycles. The summed E-state index contributed by atoms with van der Waals surface area (Å²) in [6.07, 6.45) is 0.576. The van der Waals surface area contributed by atoms with Crippen LogP contribution in [0.3, 0.4) is 0 Å². The van der Waals surface area contributed by atoms with Crippen molar-refractivity contribution in [1.82, 2.24) is 0 Å². The van der Waals surface area contributed by atoms with Crippen LogP contribution in [0.4, 0.5) is 0 Å². The predicted molar refractivity (Wildman–Crippen MR) is 48.5 cm³/mol. The van der Waals surface area contributed by atoms with Gasteiger partial charge in [0.2, 0.25) is 0 Å². The van der Waals surface area contributed by atoms with Crippen molar-refractivity contribution in [2.75, 3.05) is 0 Å². The molecule has 70 valence electrons. The van der Waals surface area contributed by atoms with E-state index in [1.165, 1.54) is 0 Å². The average Bonchev–Trinajstić information content (AvgIpc) is 2.32. The Morgan fingerprint density at radius 2 is 2.08 bits per heavy atom. The number of rotatable bonds is 3. The Morgan fingerprint density at radius 3 is 2.33 bits per heavy atom. The van der Waals surface area contributed by atoms with Crippen molar-refractivity contribution in [2.24, 2.45) is 17.3 Å². The van der Waals surface area contributed by atoms with E-state index in [2.05, 4.69) is 0 Å². The molecular formula is C8H12Cl2O2. The van der Waals surface area contributed by atoms with E-state index in [1.807, 2.05) is 13.8 Å². The molecule has 0 amide bonds. The zero-order valence-electron chi connectivity index (χ0n) is 7.05. The molecule has 0 bridgehead atoms. The van der Waals surface area contributed by atoms with Gasteiger partial charge in [-0.1, -0.05) is 13.8 Å². The smallest absolute Gasteiger partial charge is 0.307 e. The number of halogens is 2. The van der Waals surface area contributed by atoms with Crippen molar-refractivity contribution in [1.29, 1.82) is 0 Å². The van der Waals surface area contributed by atoms with Gasteiger partial charge in [-0.25, -0.2) is 0 Å². The zero-order chi connectivity index (χ0) is 9.52. The number of hydrogen-bond donors (Lipinski definition) is 1. The lowest BCUT2D eigenvalue weighted by Crippen LogP contribution is -2.03. The summed E-state index contributed by atoms with van der Waals surface area (Å²) in [7, 11) is 0. The summed E-state index contributed by atoms with van der Waals surface area (Å²) < 4.78 is 0. The van der Waals surface area contributed by atoms with E-state index in [9.17, 15) is 4.79 Å².